The number of rotatable bonds is 3. The van der Waals surface area contributed by atoms with Crippen LogP contribution in [0.5, 0.6) is 0 Å². The lowest BCUT2D eigenvalue weighted by molar-refractivity contribution is -0.137. The molecule has 3 N–H and O–H groups in total. The van der Waals surface area contributed by atoms with Gasteiger partial charge < -0.3 is 10.8 Å². The molecule has 0 amide bonds. The van der Waals surface area contributed by atoms with Gasteiger partial charge in [-0.3, -0.25) is 4.79 Å². The standard InChI is InChI=1S/C10H10FNO2/c11-8-4-1-7(2-5-8)3-6-9(12)10(13)14/h1-6,9H,12H2,(H,13,14)/b6-3+. The fourth-order valence-corrected chi connectivity index (χ4v) is 0.871. The van der Waals surface area contributed by atoms with Gasteiger partial charge in [-0.15, -0.1) is 0 Å². The molecule has 0 saturated carbocycles. The van der Waals surface area contributed by atoms with Gasteiger partial charge in [-0.1, -0.05) is 24.3 Å². The molecular formula is C10H10FNO2. The quantitative estimate of drug-likeness (QED) is 0.762. The summed E-state index contributed by atoms with van der Waals surface area (Å²) in [6.45, 7) is 0. The largest absolute Gasteiger partial charge is 0.480 e. The number of carboxylic acids is 1. The second-order valence-electron chi connectivity index (χ2n) is 2.77. The van der Waals surface area contributed by atoms with E-state index >= 15 is 0 Å². The van der Waals surface area contributed by atoms with Gasteiger partial charge in [-0.05, 0) is 17.7 Å². The molecule has 0 radical (unpaired) electrons. The summed E-state index contributed by atoms with van der Waals surface area (Å²) in [6.07, 6.45) is 2.88. The Morgan fingerprint density at radius 3 is 2.50 bits per heavy atom. The summed E-state index contributed by atoms with van der Waals surface area (Å²) < 4.78 is 12.5. The second kappa shape index (κ2) is 4.53. The minimum absolute atomic E-state index is 0.329. The van der Waals surface area contributed by atoms with Crippen LogP contribution in [-0.4, -0.2) is 17.1 Å². The molecule has 0 saturated heterocycles. The predicted molar refractivity (Wildman–Crippen MR) is 51.0 cm³/mol. The summed E-state index contributed by atoms with van der Waals surface area (Å²) in [5.74, 6) is -1.42. The number of hydrogen-bond acceptors (Lipinski definition) is 2. The highest BCUT2D eigenvalue weighted by atomic mass is 19.1. The number of carbonyl (C=O) groups is 1. The maximum Gasteiger partial charge on any atom is 0.324 e. The third-order valence-electron chi connectivity index (χ3n) is 1.65. The fourth-order valence-electron chi connectivity index (χ4n) is 0.871. The van der Waals surface area contributed by atoms with Crippen molar-refractivity contribution in [3.8, 4) is 0 Å². The van der Waals surface area contributed by atoms with E-state index in [0.717, 1.165) is 0 Å². The molecule has 0 aliphatic carbocycles. The molecule has 0 bridgehead atoms. The first-order valence-electron chi connectivity index (χ1n) is 4.02. The van der Waals surface area contributed by atoms with E-state index in [2.05, 4.69) is 0 Å². The van der Waals surface area contributed by atoms with E-state index in [-0.39, 0.29) is 5.82 Å². The fraction of sp³-hybridized carbons (Fsp3) is 0.100. The number of halogens is 1. The van der Waals surface area contributed by atoms with Crippen LogP contribution in [0, 0.1) is 5.82 Å². The third-order valence-corrected chi connectivity index (χ3v) is 1.65. The topological polar surface area (TPSA) is 63.3 Å². The van der Waals surface area contributed by atoms with E-state index in [1.165, 1.54) is 24.3 Å². The molecule has 14 heavy (non-hydrogen) atoms. The first-order chi connectivity index (χ1) is 6.59. The Hall–Kier alpha value is -1.68. The molecule has 0 aromatic heterocycles. The number of carboxylic acid groups (broad SMARTS) is 1. The molecule has 1 rings (SSSR count). The van der Waals surface area contributed by atoms with Crippen molar-refractivity contribution >= 4 is 12.0 Å². The van der Waals surface area contributed by atoms with Crippen molar-refractivity contribution in [3.05, 3.63) is 41.7 Å². The van der Waals surface area contributed by atoms with E-state index < -0.39 is 12.0 Å². The predicted octanol–water partition coefficient (Wildman–Crippen LogP) is 1.25. The lowest BCUT2D eigenvalue weighted by atomic mass is 10.2. The second-order valence-corrected chi connectivity index (χ2v) is 2.77. The van der Waals surface area contributed by atoms with E-state index in [1.54, 1.807) is 12.1 Å². The van der Waals surface area contributed by atoms with Gasteiger partial charge in [0, 0.05) is 0 Å². The molecule has 0 heterocycles. The van der Waals surface area contributed by atoms with Crippen molar-refractivity contribution in [2.75, 3.05) is 0 Å². The Balaban J connectivity index is 2.69. The van der Waals surface area contributed by atoms with Crippen molar-refractivity contribution in [1.82, 2.24) is 0 Å². The molecule has 1 unspecified atom stereocenters. The highest BCUT2D eigenvalue weighted by Gasteiger charge is 2.05. The summed E-state index contributed by atoms with van der Waals surface area (Å²) >= 11 is 0. The van der Waals surface area contributed by atoms with Crippen LogP contribution in [0.2, 0.25) is 0 Å². The minimum atomic E-state index is -1.09. The van der Waals surface area contributed by atoms with Gasteiger partial charge in [-0.2, -0.15) is 0 Å². The zero-order valence-corrected chi connectivity index (χ0v) is 7.35. The van der Waals surface area contributed by atoms with Gasteiger partial charge in [0.2, 0.25) is 0 Å². The highest BCUT2D eigenvalue weighted by Crippen LogP contribution is 2.04. The molecular weight excluding hydrogens is 185 g/mol. The first-order valence-corrected chi connectivity index (χ1v) is 4.02. The Bertz CT molecular complexity index is 346. The Morgan fingerprint density at radius 2 is 2.00 bits per heavy atom. The smallest absolute Gasteiger partial charge is 0.324 e. The summed E-state index contributed by atoms with van der Waals surface area (Å²) in [4.78, 5) is 10.3. The first kappa shape index (κ1) is 10.4. The summed E-state index contributed by atoms with van der Waals surface area (Å²) in [5, 5.41) is 8.47. The number of hydrogen-bond donors (Lipinski definition) is 2. The number of aliphatic carboxylic acids is 1. The van der Waals surface area contributed by atoms with Crippen molar-refractivity contribution in [3.63, 3.8) is 0 Å². The van der Waals surface area contributed by atoms with E-state index in [0.29, 0.717) is 5.56 Å². The molecule has 3 nitrogen and oxygen atoms in total. The van der Waals surface area contributed by atoms with Gasteiger partial charge in [0.05, 0.1) is 0 Å². The van der Waals surface area contributed by atoms with Crippen LogP contribution in [0.3, 0.4) is 0 Å². The van der Waals surface area contributed by atoms with Gasteiger partial charge in [-0.25, -0.2) is 4.39 Å². The van der Waals surface area contributed by atoms with Crippen LogP contribution in [0.25, 0.3) is 6.08 Å². The van der Waals surface area contributed by atoms with Crippen LogP contribution in [0.1, 0.15) is 5.56 Å². The zero-order valence-electron chi connectivity index (χ0n) is 7.35. The third kappa shape index (κ3) is 2.99. The molecule has 0 spiro atoms. The van der Waals surface area contributed by atoms with Gasteiger partial charge in [0.15, 0.2) is 0 Å². The molecule has 0 fully saturated rings. The van der Waals surface area contributed by atoms with Gasteiger partial charge in [0.1, 0.15) is 11.9 Å². The van der Waals surface area contributed by atoms with Gasteiger partial charge >= 0.3 is 5.97 Å². The monoisotopic (exact) mass is 195 g/mol. The van der Waals surface area contributed by atoms with Crippen molar-refractivity contribution < 1.29 is 14.3 Å². The van der Waals surface area contributed by atoms with Crippen molar-refractivity contribution in [2.24, 2.45) is 5.73 Å². The SMILES string of the molecule is NC(/C=C/c1ccc(F)cc1)C(=O)O. The Morgan fingerprint density at radius 1 is 1.43 bits per heavy atom. The normalized spacial score (nSPS) is 13.0. The van der Waals surface area contributed by atoms with Crippen LogP contribution in [0.4, 0.5) is 4.39 Å². The van der Waals surface area contributed by atoms with E-state index in [4.69, 9.17) is 10.8 Å². The van der Waals surface area contributed by atoms with E-state index in [1.807, 2.05) is 0 Å². The molecule has 0 aliphatic rings. The average Bonchev–Trinajstić information content (AvgIpc) is 2.16. The molecule has 1 aromatic carbocycles. The highest BCUT2D eigenvalue weighted by molar-refractivity contribution is 5.77. The molecule has 1 aromatic rings. The Kier molecular flexibility index (Phi) is 3.36. The maximum atomic E-state index is 12.5. The maximum absolute atomic E-state index is 12.5. The summed E-state index contributed by atoms with van der Waals surface area (Å²) in [7, 11) is 0. The molecule has 74 valence electrons. The van der Waals surface area contributed by atoms with Crippen molar-refractivity contribution in [1.29, 1.82) is 0 Å². The Labute approximate surface area is 80.7 Å². The molecule has 4 heteroatoms. The minimum Gasteiger partial charge on any atom is -0.480 e. The van der Waals surface area contributed by atoms with Crippen LogP contribution >= 0.6 is 0 Å². The average molecular weight is 195 g/mol. The van der Waals surface area contributed by atoms with Gasteiger partial charge in [0.25, 0.3) is 0 Å². The van der Waals surface area contributed by atoms with Crippen LogP contribution < -0.4 is 5.73 Å². The summed E-state index contributed by atoms with van der Waals surface area (Å²) in [6, 6.07) is 4.65. The van der Waals surface area contributed by atoms with Crippen LogP contribution in [-0.2, 0) is 4.79 Å². The molecule has 1 atom stereocenters. The summed E-state index contributed by atoms with van der Waals surface area (Å²) in [5.41, 5.74) is 5.95. The molecule has 0 aliphatic heterocycles. The zero-order chi connectivity index (χ0) is 10.6. The number of benzene rings is 1. The lowest BCUT2D eigenvalue weighted by Gasteiger charge is -1.98. The number of nitrogens with two attached hydrogens (primary N) is 1. The lowest BCUT2D eigenvalue weighted by Crippen LogP contribution is -2.27. The van der Waals surface area contributed by atoms with E-state index in [9.17, 15) is 9.18 Å². The van der Waals surface area contributed by atoms with Crippen molar-refractivity contribution in [2.45, 2.75) is 6.04 Å². The van der Waals surface area contributed by atoms with Crippen LogP contribution in [0.15, 0.2) is 30.3 Å².